The normalized spacial score (nSPS) is 20.1. The van der Waals surface area contributed by atoms with Crippen LogP contribution < -0.4 is 25.0 Å². The summed E-state index contributed by atoms with van der Waals surface area (Å²) >= 11 is 1.61. The SMILES string of the molecule is CCc1cccc2cc(O)cc(-c3ncc4c(N5CC6CCC(C5)N6)nc(OCCN5CCC(C)(COc6cc(CC(=O)N7CCCC7C(=O)NC(C)c7ccc(-c8scnc8C)cc7)on6)CC5)nc4c3F)c12. The van der Waals surface area contributed by atoms with Gasteiger partial charge in [-0.15, -0.1) is 11.3 Å². The van der Waals surface area contributed by atoms with Crippen molar-refractivity contribution in [1.29, 1.82) is 0 Å². The zero-order chi connectivity index (χ0) is 51.1. The molecule has 18 heteroatoms. The molecule has 3 N–H and O–H groups in total. The first-order valence-corrected chi connectivity index (χ1v) is 26.9. The fourth-order valence-electron chi connectivity index (χ4n) is 11.4. The quantitative estimate of drug-likeness (QED) is 0.0836. The van der Waals surface area contributed by atoms with Crippen LogP contribution in [0.3, 0.4) is 0 Å². The van der Waals surface area contributed by atoms with E-state index >= 15 is 4.39 Å². The molecule has 4 aliphatic rings. The van der Waals surface area contributed by atoms with Crippen LogP contribution in [0.5, 0.6) is 17.6 Å². The van der Waals surface area contributed by atoms with Crippen LogP contribution in [-0.4, -0.2) is 122 Å². The molecule has 0 aliphatic carbocycles. The average molecular weight is 1020 g/mol. The second kappa shape index (κ2) is 20.9. The third kappa shape index (κ3) is 10.2. The number of benzene rings is 3. The van der Waals surface area contributed by atoms with Crippen LogP contribution in [-0.2, 0) is 22.4 Å². The molecule has 4 saturated heterocycles. The molecule has 4 unspecified atom stereocenters. The van der Waals surface area contributed by atoms with Gasteiger partial charge in [0.05, 0.1) is 40.5 Å². The molecule has 386 valence electrons. The third-order valence-corrected chi connectivity index (χ3v) is 16.6. The highest BCUT2D eigenvalue weighted by atomic mass is 32.1. The van der Waals surface area contributed by atoms with Gasteiger partial charge in [-0.1, -0.05) is 56.3 Å². The maximum atomic E-state index is 17.1. The molecule has 4 aliphatic heterocycles. The number of carbonyl (C=O) groups excluding carboxylic acids is 2. The Labute approximate surface area is 433 Å². The molecule has 3 aromatic carbocycles. The van der Waals surface area contributed by atoms with E-state index < -0.39 is 11.9 Å². The number of hydrogen-bond acceptors (Lipinski definition) is 15. The van der Waals surface area contributed by atoms with E-state index in [1.165, 1.54) is 0 Å². The number of hydrogen-bond donors (Lipinski definition) is 3. The predicted octanol–water partition coefficient (Wildman–Crippen LogP) is 8.58. The molecule has 8 heterocycles. The van der Waals surface area contributed by atoms with Gasteiger partial charge in [-0.25, -0.2) is 9.37 Å². The van der Waals surface area contributed by atoms with Crippen LogP contribution in [0.25, 0.3) is 43.4 Å². The summed E-state index contributed by atoms with van der Waals surface area (Å²) < 4.78 is 35.1. The molecule has 16 nitrogen and oxygen atoms in total. The van der Waals surface area contributed by atoms with Crippen molar-refractivity contribution in [1.82, 2.24) is 45.5 Å². The third-order valence-electron chi connectivity index (χ3n) is 15.6. The molecule has 74 heavy (non-hydrogen) atoms. The number of fused-ring (bicyclic) bond motifs is 4. The van der Waals surface area contributed by atoms with Gasteiger partial charge < -0.3 is 39.5 Å². The van der Waals surface area contributed by atoms with Gasteiger partial charge in [0.2, 0.25) is 11.8 Å². The van der Waals surface area contributed by atoms with Gasteiger partial charge in [-0.05, 0) is 117 Å². The number of ether oxygens (including phenoxy) is 2. The lowest BCUT2D eigenvalue weighted by Gasteiger charge is -2.38. The van der Waals surface area contributed by atoms with Crippen molar-refractivity contribution in [3.05, 3.63) is 101 Å². The average Bonchev–Trinajstić information content (AvgIpc) is 4.24. The fraction of sp³-hybridized carbons (Fsp3) is 0.446. The number of aryl methyl sites for hydroxylation is 2. The van der Waals surface area contributed by atoms with Gasteiger partial charge in [-0.3, -0.25) is 19.5 Å². The number of anilines is 1. The summed E-state index contributed by atoms with van der Waals surface area (Å²) in [4.78, 5) is 53.1. The van der Waals surface area contributed by atoms with Gasteiger partial charge in [0.15, 0.2) is 5.82 Å². The summed E-state index contributed by atoms with van der Waals surface area (Å²) in [6.45, 7) is 13.2. The lowest BCUT2D eigenvalue weighted by Crippen LogP contribution is -2.51. The molecule has 2 bridgehead atoms. The van der Waals surface area contributed by atoms with Gasteiger partial charge >= 0.3 is 6.01 Å². The molecular weight excluding hydrogens is 960 g/mol. The Morgan fingerprint density at radius 1 is 1.01 bits per heavy atom. The number of carbonyl (C=O) groups is 2. The minimum Gasteiger partial charge on any atom is -0.508 e. The zero-order valence-electron chi connectivity index (χ0n) is 42.4. The number of rotatable bonds is 16. The molecule has 0 spiro atoms. The van der Waals surface area contributed by atoms with Crippen molar-refractivity contribution in [2.45, 2.75) is 103 Å². The first kappa shape index (κ1) is 49.5. The highest BCUT2D eigenvalue weighted by Crippen LogP contribution is 2.40. The molecule has 11 rings (SSSR count). The number of aromatic hydroxyl groups is 1. The summed E-state index contributed by atoms with van der Waals surface area (Å²) in [6, 6.07) is 19.0. The summed E-state index contributed by atoms with van der Waals surface area (Å²) in [5.74, 6) is 0.431. The summed E-state index contributed by atoms with van der Waals surface area (Å²) in [5, 5.41) is 23.9. The lowest BCUT2D eigenvalue weighted by molar-refractivity contribution is -0.138. The Kier molecular flexibility index (Phi) is 13.9. The van der Waals surface area contributed by atoms with Gasteiger partial charge in [0.1, 0.15) is 41.2 Å². The molecule has 4 aromatic heterocycles. The number of phenols is 1. The molecule has 0 saturated carbocycles. The number of thiazole rings is 1. The number of piperidine rings is 1. The number of nitrogens with zero attached hydrogens (tertiary/aromatic N) is 8. The number of likely N-dealkylation sites (tertiary alicyclic amines) is 2. The van der Waals surface area contributed by atoms with Crippen LogP contribution in [0.4, 0.5) is 10.2 Å². The Hall–Kier alpha value is -6.76. The Balaban J connectivity index is 0.685. The van der Waals surface area contributed by atoms with Crippen LogP contribution in [0.2, 0.25) is 0 Å². The number of amides is 2. The number of nitrogens with one attached hydrogen (secondary N) is 2. The molecule has 2 amide bonds. The standard InChI is InChI=1S/C56H63FN10O6S/c1-5-35-8-6-9-38-24-41(68)25-43(48(35)38)50-49(57)51-44(28-58-50)53(66-29-39-15-16-40(30-66)61-39)63-55(62-51)71-23-22-65-20-17-56(4,18-21-65)31-72-46-26-42(73-64-46)27-47(69)67-19-7-10-45(67)54(70)60-33(2)36-11-13-37(14-12-36)52-34(3)59-32-74-52/h6,8-9,11-14,24-26,28,32-33,39-40,45,61,68H,5,7,10,15-23,27,29-31H2,1-4H3,(H,60,70). The van der Waals surface area contributed by atoms with E-state index in [4.69, 9.17) is 28.9 Å². The molecule has 7 aromatic rings. The van der Waals surface area contributed by atoms with Crippen LogP contribution in [0, 0.1) is 18.2 Å². The van der Waals surface area contributed by atoms with Crippen molar-refractivity contribution < 1.29 is 33.1 Å². The highest BCUT2D eigenvalue weighted by molar-refractivity contribution is 7.13. The maximum Gasteiger partial charge on any atom is 0.319 e. The predicted molar refractivity (Wildman–Crippen MR) is 282 cm³/mol. The lowest BCUT2D eigenvalue weighted by atomic mass is 9.81. The minimum absolute atomic E-state index is 0.0197. The number of piperazine rings is 1. The first-order chi connectivity index (χ1) is 35.9. The smallest absolute Gasteiger partial charge is 0.319 e. The van der Waals surface area contributed by atoms with E-state index in [-0.39, 0.29) is 52.7 Å². The van der Waals surface area contributed by atoms with Crippen molar-refractivity contribution in [2.75, 3.05) is 57.4 Å². The Morgan fingerprint density at radius 3 is 2.57 bits per heavy atom. The maximum absolute atomic E-state index is 17.1. The van der Waals surface area contributed by atoms with E-state index in [9.17, 15) is 14.7 Å². The zero-order valence-corrected chi connectivity index (χ0v) is 43.2. The molecule has 4 atom stereocenters. The Morgan fingerprint density at radius 2 is 1.81 bits per heavy atom. The van der Waals surface area contributed by atoms with Crippen LogP contribution in [0.15, 0.2) is 76.9 Å². The fourth-order valence-corrected chi connectivity index (χ4v) is 12.2. The van der Waals surface area contributed by atoms with Crippen molar-refractivity contribution in [2.24, 2.45) is 5.41 Å². The van der Waals surface area contributed by atoms with Crippen LogP contribution in [0.1, 0.15) is 87.9 Å². The molecule has 0 radical (unpaired) electrons. The summed E-state index contributed by atoms with van der Waals surface area (Å²) in [6.07, 6.45) is 7.62. The van der Waals surface area contributed by atoms with E-state index in [2.05, 4.69) is 56.6 Å². The summed E-state index contributed by atoms with van der Waals surface area (Å²) in [7, 11) is 0. The van der Waals surface area contributed by atoms with E-state index in [0.717, 1.165) is 103 Å². The second-order valence-corrected chi connectivity index (χ2v) is 21.7. The van der Waals surface area contributed by atoms with E-state index in [1.807, 2.05) is 49.7 Å². The van der Waals surface area contributed by atoms with Gasteiger partial charge in [-0.2, -0.15) is 9.97 Å². The number of pyridine rings is 1. The van der Waals surface area contributed by atoms with E-state index in [0.29, 0.717) is 73.2 Å². The first-order valence-electron chi connectivity index (χ1n) is 26.0. The van der Waals surface area contributed by atoms with Crippen molar-refractivity contribution in [3.8, 4) is 39.3 Å². The van der Waals surface area contributed by atoms with E-state index in [1.54, 1.807) is 40.6 Å². The van der Waals surface area contributed by atoms with Crippen molar-refractivity contribution >= 4 is 50.6 Å². The minimum atomic E-state index is -0.580. The topological polar surface area (TPSA) is 184 Å². The van der Waals surface area contributed by atoms with Gasteiger partial charge in [0, 0.05) is 61.5 Å². The van der Waals surface area contributed by atoms with Crippen molar-refractivity contribution in [3.63, 3.8) is 0 Å². The monoisotopic (exact) mass is 1020 g/mol. The van der Waals surface area contributed by atoms with Gasteiger partial charge in [0.25, 0.3) is 5.88 Å². The largest absolute Gasteiger partial charge is 0.508 e. The molecule has 4 fully saturated rings. The number of phenolic OH excluding ortho intramolecular Hbond substituents is 1. The van der Waals surface area contributed by atoms with Crippen LogP contribution >= 0.6 is 11.3 Å². The Bertz CT molecular complexity index is 3180. The highest BCUT2D eigenvalue weighted by Gasteiger charge is 2.37. The number of halogens is 1. The summed E-state index contributed by atoms with van der Waals surface area (Å²) in [5.41, 5.74) is 6.60. The number of aromatic nitrogens is 5. The second-order valence-electron chi connectivity index (χ2n) is 20.9. The molecular formula is C56H63FN10O6S.